The van der Waals surface area contributed by atoms with Gasteiger partial charge in [0.05, 0.1) is 11.2 Å². The second-order valence-corrected chi connectivity index (χ2v) is 10.8. The van der Waals surface area contributed by atoms with Crippen LogP contribution in [0.2, 0.25) is 0 Å². The van der Waals surface area contributed by atoms with Crippen molar-refractivity contribution in [3.63, 3.8) is 0 Å². The van der Waals surface area contributed by atoms with E-state index in [0.29, 0.717) is 10.8 Å². The number of nitrogens with one attached hydrogen (secondary N) is 2. The molecule has 0 spiro atoms. The normalized spacial score (nSPS) is 15.7. The molecule has 8 nitrogen and oxygen atoms in total. The Morgan fingerprint density at radius 2 is 1.29 bits per heavy atom. The van der Waals surface area contributed by atoms with E-state index >= 15 is 0 Å². The van der Waals surface area contributed by atoms with E-state index in [1.807, 2.05) is 24.3 Å². The van der Waals surface area contributed by atoms with Crippen LogP contribution in [0, 0.1) is 0 Å². The van der Waals surface area contributed by atoms with Crippen LogP contribution in [0.5, 0.6) is 0 Å². The minimum absolute atomic E-state index is 0. The standard InChI is InChI=1S/C14H18BN3O2S.C8H6BF3N3S.K/c1-13(2)14(3,4)20-15(19-13)10-6-5-7-11(8-10)17-12-18-16-9-21-12;10-9(11,12)6-2-1-3-7(4-6)14-8-15-13-5-16-8;/h5-9H,1-4H3,(H,17,18);1-5H,(H,14,15);/q;-1;+1. The Kier molecular flexibility index (Phi) is 10.6. The number of rotatable bonds is 6. The molecule has 1 aliphatic rings. The summed E-state index contributed by atoms with van der Waals surface area (Å²) < 4.78 is 49.5. The first kappa shape index (κ1) is 31.2. The zero-order valence-electron chi connectivity index (χ0n) is 21.5. The molecule has 1 aliphatic heterocycles. The maximum atomic E-state index is 12.5. The zero-order chi connectivity index (χ0) is 26.7. The summed E-state index contributed by atoms with van der Waals surface area (Å²) in [5.41, 5.74) is 4.19. The number of hydrogen-bond donors (Lipinski definition) is 2. The van der Waals surface area contributed by atoms with E-state index in [-0.39, 0.29) is 69.7 Å². The summed E-state index contributed by atoms with van der Waals surface area (Å²) in [5, 5.41) is 22.3. The van der Waals surface area contributed by atoms with E-state index in [4.69, 9.17) is 9.31 Å². The number of anilines is 4. The number of hydrogen-bond acceptors (Lipinski definition) is 10. The molecule has 1 fully saturated rings. The Bertz CT molecular complexity index is 1300. The molecule has 0 atom stereocenters. The molecular weight excluding hydrogens is 562 g/mol. The smallest absolute Gasteiger partial charge is 0.445 e. The van der Waals surface area contributed by atoms with E-state index in [0.717, 1.165) is 28.4 Å². The summed E-state index contributed by atoms with van der Waals surface area (Å²) in [6.07, 6.45) is 0. The number of nitrogens with zero attached hydrogens (tertiary/aromatic N) is 4. The van der Waals surface area contributed by atoms with Crippen LogP contribution in [0.1, 0.15) is 27.7 Å². The fourth-order valence-electron chi connectivity index (χ4n) is 3.26. The van der Waals surface area contributed by atoms with Gasteiger partial charge in [-0.15, -0.1) is 25.9 Å². The maximum Gasteiger partial charge on any atom is 1.00 e. The van der Waals surface area contributed by atoms with Gasteiger partial charge in [-0.25, -0.2) is 0 Å². The summed E-state index contributed by atoms with van der Waals surface area (Å²) >= 11 is 2.68. The molecule has 194 valence electrons. The van der Waals surface area contributed by atoms with Crippen LogP contribution >= 0.6 is 22.7 Å². The van der Waals surface area contributed by atoms with Crippen molar-refractivity contribution in [2.24, 2.45) is 0 Å². The molecule has 2 aromatic heterocycles. The Hall–Kier alpha value is -1.36. The van der Waals surface area contributed by atoms with E-state index in [1.165, 1.54) is 34.3 Å². The molecule has 0 unspecified atom stereocenters. The third-order valence-corrected chi connectivity index (χ3v) is 7.11. The molecule has 2 N–H and O–H groups in total. The van der Waals surface area contributed by atoms with E-state index in [1.54, 1.807) is 11.6 Å². The molecule has 1 saturated heterocycles. The van der Waals surface area contributed by atoms with Crippen LogP contribution in [-0.2, 0) is 9.31 Å². The summed E-state index contributed by atoms with van der Waals surface area (Å²) in [7, 11) is -0.355. The summed E-state index contributed by atoms with van der Waals surface area (Å²) in [5.74, 6) is 0. The fourth-order valence-corrected chi connectivity index (χ4v) is 4.19. The van der Waals surface area contributed by atoms with Gasteiger partial charge in [0, 0.05) is 11.4 Å². The molecular formula is C22H24B2F3KN6O2S2. The molecule has 4 aromatic rings. The van der Waals surface area contributed by atoms with Gasteiger partial charge in [-0.05, 0) is 51.4 Å². The number of benzene rings is 2. The fraction of sp³-hybridized carbons (Fsp3) is 0.273. The first-order valence-corrected chi connectivity index (χ1v) is 13.0. The molecule has 2 aromatic carbocycles. The van der Waals surface area contributed by atoms with E-state index in [9.17, 15) is 12.9 Å². The molecule has 16 heteroatoms. The molecule has 3 heterocycles. The SMILES string of the molecule is CC1(C)OB(c2cccc(Nc3nncs3)c2)OC1(C)C.F[B-](F)(F)c1cccc(Nc2nncs2)c1.[K+]. The second kappa shape index (κ2) is 12.9. The monoisotopic (exact) mass is 586 g/mol. The molecule has 0 bridgehead atoms. The zero-order valence-corrected chi connectivity index (χ0v) is 26.2. The number of aromatic nitrogens is 4. The summed E-state index contributed by atoms with van der Waals surface area (Å²) in [4.78, 5) is 0. The molecule has 0 aliphatic carbocycles. The van der Waals surface area contributed by atoms with Gasteiger partial charge in [-0.3, -0.25) is 0 Å². The predicted molar refractivity (Wildman–Crippen MR) is 144 cm³/mol. The molecule has 5 rings (SSSR count). The van der Waals surface area contributed by atoms with Gasteiger partial charge in [0.25, 0.3) is 0 Å². The maximum absolute atomic E-state index is 12.5. The van der Waals surface area contributed by atoms with Gasteiger partial charge in [0.2, 0.25) is 10.3 Å². The van der Waals surface area contributed by atoms with Crippen molar-refractivity contribution in [2.75, 3.05) is 10.6 Å². The minimum Gasteiger partial charge on any atom is -0.445 e. The first-order chi connectivity index (χ1) is 17.4. The minimum atomic E-state index is -4.97. The van der Waals surface area contributed by atoms with Crippen molar-refractivity contribution in [1.82, 2.24) is 20.4 Å². The molecule has 38 heavy (non-hydrogen) atoms. The van der Waals surface area contributed by atoms with Crippen molar-refractivity contribution < 1.29 is 73.6 Å². The van der Waals surface area contributed by atoms with Gasteiger partial charge in [0.15, 0.2) is 0 Å². The van der Waals surface area contributed by atoms with Gasteiger partial charge in [-0.1, -0.05) is 53.0 Å². The van der Waals surface area contributed by atoms with Crippen LogP contribution in [-0.4, -0.2) is 45.7 Å². The molecule has 0 saturated carbocycles. The first-order valence-electron chi connectivity index (χ1n) is 11.2. The van der Waals surface area contributed by atoms with Crippen LogP contribution in [0.4, 0.5) is 34.6 Å². The van der Waals surface area contributed by atoms with E-state index < -0.39 is 12.4 Å². The van der Waals surface area contributed by atoms with Gasteiger partial charge < -0.3 is 32.9 Å². The third-order valence-electron chi connectivity index (χ3n) is 5.90. The number of halogens is 3. The molecule has 0 radical (unpaired) electrons. The van der Waals surface area contributed by atoms with Crippen molar-refractivity contribution in [1.29, 1.82) is 0 Å². The second-order valence-electron chi connectivity index (χ2n) is 9.15. The van der Waals surface area contributed by atoms with Gasteiger partial charge in [0.1, 0.15) is 11.0 Å². The van der Waals surface area contributed by atoms with Crippen LogP contribution in [0.15, 0.2) is 59.6 Å². The quantitative estimate of drug-likeness (QED) is 0.332. The van der Waals surface area contributed by atoms with Gasteiger partial charge >= 0.3 is 65.5 Å². The Morgan fingerprint density at radius 1 is 0.789 bits per heavy atom. The van der Waals surface area contributed by atoms with Crippen molar-refractivity contribution >= 4 is 69.3 Å². The Morgan fingerprint density at radius 3 is 1.76 bits per heavy atom. The average Bonchev–Trinajstić information content (AvgIpc) is 3.57. The van der Waals surface area contributed by atoms with Crippen molar-refractivity contribution in [3.05, 3.63) is 59.6 Å². The average molecular weight is 586 g/mol. The van der Waals surface area contributed by atoms with E-state index in [2.05, 4.69) is 58.7 Å². The topological polar surface area (TPSA) is 94.1 Å². The van der Waals surface area contributed by atoms with Gasteiger partial charge in [-0.2, -0.15) is 0 Å². The molecule has 0 amide bonds. The summed E-state index contributed by atoms with van der Waals surface area (Å²) in [6.45, 7) is 3.24. The van der Waals surface area contributed by atoms with Crippen molar-refractivity contribution in [2.45, 2.75) is 38.9 Å². The van der Waals surface area contributed by atoms with Crippen molar-refractivity contribution in [3.8, 4) is 0 Å². The van der Waals surface area contributed by atoms with Crippen LogP contribution < -0.4 is 72.9 Å². The van der Waals surface area contributed by atoms with Crippen LogP contribution in [0.25, 0.3) is 0 Å². The Balaban J connectivity index is 0.000000213. The largest absolute Gasteiger partial charge is 1.00 e. The Labute approximate surface area is 269 Å². The third kappa shape index (κ3) is 8.08. The van der Waals surface area contributed by atoms with Crippen LogP contribution in [0.3, 0.4) is 0 Å². The predicted octanol–water partition coefficient (Wildman–Crippen LogP) is 1.92. The summed E-state index contributed by atoms with van der Waals surface area (Å²) in [6, 6.07) is 13.0.